The predicted octanol–water partition coefficient (Wildman–Crippen LogP) is 1.36. The molecule has 1 aromatic heterocycles. The smallest absolute Gasteiger partial charge is 0.329 e. The molecule has 1 atom stereocenters. The van der Waals surface area contributed by atoms with Gasteiger partial charge in [-0.1, -0.05) is 0 Å². The van der Waals surface area contributed by atoms with Crippen LogP contribution in [0.25, 0.3) is 0 Å². The van der Waals surface area contributed by atoms with Crippen molar-refractivity contribution < 1.29 is 14.7 Å². The summed E-state index contributed by atoms with van der Waals surface area (Å²) in [4.78, 5) is 25.4. The molecule has 1 aliphatic rings. The van der Waals surface area contributed by atoms with Gasteiger partial charge in [0.1, 0.15) is 12.1 Å². The van der Waals surface area contributed by atoms with E-state index in [1.165, 1.54) is 4.90 Å². The first kappa shape index (κ1) is 14.6. The Labute approximate surface area is 118 Å². The van der Waals surface area contributed by atoms with Crippen LogP contribution in [0.15, 0.2) is 6.07 Å². The lowest BCUT2D eigenvalue weighted by Gasteiger charge is -2.41. The molecule has 1 N–H and O–H groups in total. The number of carbonyl (C=O) groups is 2. The standard InChI is InChI=1S/C14H21N3O3/c1-10-8-11(2)17(15-10)9-12(18)16-7-5-4-6-14(16,3)13(19)20/h8H,4-7,9H2,1-3H3,(H,19,20). The van der Waals surface area contributed by atoms with Crippen LogP contribution in [0, 0.1) is 13.8 Å². The molecule has 0 spiro atoms. The molecule has 1 aromatic rings. The minimum Gasteiger partial charge on any atom is -0.480 e. The second-order valence-corrected chi connectivity index (χ2v) is 5.67. The summed E-state index contributed by atoms with van der Waals surface area (Å²) < 4.78 is 1.63. The highest BCUT2D eigenvalue weighted by Gasteiger charge is 2.43. The number of amides is 1. The Bertz CT molecular complexity index is 538. The van der Waals surface area contributed by atoms with E-state index in [1.54, 1.807) is 11.6 Å². The van der Waals surface area contributed by atoms with Gasteiger partial charge in [0.15, 0.2) is 0 Å². The van der Waals surface area contributed by atoms with E-state index in [-0.39, 0.29) is 12.5 Å². The van der Waals surface area contributed by atoms with Crippen molar-refractivity contribution >= 4 is 11.9 Å². The third kappa shape index (κ3) is 2.55. The van der Waals surface area contributed by atoms with E-state index in [9.17, 15) is 14.7 Å². The zero-order chi connectivity index (χ0) is 14.9. The monoisotopic (exact) mass is 279 g/mol. The van der Waals surface area contributed by atoms with Crippen molar-refractivity contribution in [2.45, 2.75) is 52.1 Å². The van der Waals surface area contributed by atoms with Crippen molar-refractivity contribution in [3.8, 4) is 0 Å². The first-order valence-corrected chi connectivity index (χ1v) is 6.89. The van der Waals surface area contributed by atoms with Crippen LogP contribution in [-0.4, -0.2) is 43.7 Å². The molecule has 1 fully saturated rings. The third-order valence-corrected chi connectivity index (χ3v) is 4.04. The highest BCUT2D eigenvalue weighted by atomic mass is 16.4. The first-order chi connectivity index (χ1) is 9.34. The second-order valence-electron chi connectivity index (χ2n) is 5.67. The molecule has 0 aromatic carbocycles. The average molecular weight is 279 g/mol. The van der Waals surface area contributed by atoms with Crippen molar-refractivity contribution in [1.82, 2.24) is 14.7 Å². The Kier molecular flexibility index (Phi) is 3.83. The summed E-state index contributed by atoms with van der Waals surface area (Å²) in [5.74, 6) is -1.11. The van der Waals surface area contributed by atoms with E-state index in [2.05, 4.69) is 5.10 Å². The van der Waals surface area contributed by atoms with Crippen LogP contribution in [-0.2, 0) is 16.1 Å². The maximum Gasteiger partial charge on any atom is 0.329 e. The maximum absolute atomic E-state index is 12.5. The molecule has 0 aliphatic carbocycles. The molecule has 0 bridgehead atoms. The molecule has 1 aliphatic heterocycles. The minimum absolute atomic E-state index is 0.0997. The first-order valence-electron chi connectivity index (χ1n) is 6.89. The number of piperidine rings is 1. The van der Waals surface area contributed by atoms with E-state index < -0.39 is 11.5 Å². The number of aryl methyl sites for hydroxylation is 2. The number of aromatic nitrogens is 2. The lowest BCUT2D eigenvalue weighted by molar-refractivity contribution is -0.161. The number of hydrogen-bond acceptors (Lipinski definition) is 3. The molecule has 1 amide bonds. The molecule has 20 heavy (non-hydrogen) atoms. The van der Waals surface area contributed by atoms with Crippen molar-refractivity contribution in [3.05, 3.63) is 17.5 Å². The molecule has 0 radical (unpaired) electrons. The fourth-order valence-electron chi connectivity index (χ4n) is 2.79. The quantitative estimate of drug-likeness (QED) is 0.906. The zero-order valence-corrected chi connectivity index (χ0v) is 12.2. The normalized spacial score (nSPS) is 22.9. The third-order valence-electron chi connectivity index (χ3n) is 4.04. The zero-order valence-electron chi connectivity index (χ0n) is 12.2. The van der Waals surface area contributed by atoms with Gasteiger partial charge in [-0.15, -0.1) is 0 Å². The second kappa shape index (κ2) is 5.26. The molecule has 6 nitrogen and oxygen atoms in total. The van der Waals surface area contributed by atoms with Gasteiger partial charge in [0.05, 0.1) is 5.69 Å². The summed E-state index contributed by atoms with van der Waals surface area (Å²) in [6.07, 6.45) is 2.20. The Morgan fingerprint density at radius 2 is 2.10 bits per heavy atom. The number of aliphatic carboxylic acids is 1. The SMILES string of the molecule is Cc1cc(C)n(CC(=O)N2CCCCC2(C)C(=O)O)n1. The lowest BCUT2D eigenvalue weighted by atomic mass is 9.88. The summed E-state index contributed by atoms with van der Waals surface area (Å²) in [7, 11) is 0. The van der Waals surface area contributed by atoms with Crippen LogP contribution in [0.1, 0.15) is 37.6 Å². The number of rotatable bonds is 3. The van der Waals surface area contributed by atoms with Crippen molar-refractivity contribution in [1.29, 1.82) is 0 Å². The van der Waals surface area contributed by atoms with E-state index in [4.69, 9.17) is 0 Å². The van der Waals surface area contributed by atoms with Crippen LogP contribution in [0.3, 0.4) is 0 Å². The van der Waals surface area contributed by atoms with Gasteiger partial charge >= 0.3 is 5.97 Å². The van der Waals surface area contributed by atoms with Crippen LogP contribution in [0.5, 0.6) is 0 Å². The molecule has 0 saturated carbocycles. The van der Waals surface area contributed by atoms with Gasteiger partial charge in [0, 0.05) is 12.2 Å². The Balaban J connectivity index is 2.18. The van der Waals surface area contributed by atoms with Gasteiger partial charge in [-0.05, 0) is 46.1 Å². The molecule has 6 heteroatoms. The molecule has 1 unspecified atom stereocenters. The number of carboxylic acid groups (broad SMARTS) is 1. The fourth-order valence-corrected chi connectivity index (χ4v) is 2.79. The van der Waals surface area contributed by atoms with Crippen LogP contribution in [0.2, 0.25) is 0 Å². The van der Waals surface area contributed by atoms with Gasteiger partial charge in [0.25, 0.3) is 0 Å². The van der Waals surface area contributed by atoms with Crippen molar-refractivity contribution in [2.75, 3.05) is 6.54 Å². The summed E-state index contributed by atoms with van der Waals surface area (Å²) in [5.41, 5.74) is 0.672. The Hall–Kier alpha value is -1.85. The molecule has 2 rings (SSSR count). The van der Waals surface area contributed by atoms with Crippen molar-refractivity contribution in [2.24, 2.45) is 0 Å². The highest BCUT2D eigenvalue weighted by Crippen LogP contribution is 2.28. The van der Waals surface area contributed by atoms with Gasteiger partial charge < -0.3 is 10.0 Å². The topological polar surface area (TPSA) is 75.4 Å². The summed E-state index contributed by atoms with van der Waals surface area (Å²) in [6.45, 7) is 5.99. The molecule has 110 valence electrons. The number of carboxylic acids is 1. The fraction of sp³-hybridized carbons (Fsp3) is 0.643. The maximum atomic E-state index is 12.5. The van der Waals surface area contributed by atoms with Gasteiger partial charge in [-0.3, -0.25) is 9.48 Å². The minimum atomic E-state index is -1.09. The van der Waals surface area contributed by atoms with E-state index in [0.717, 1.165) is 24.2 Å². The molecular weight excluding hydrogens is 258 g/mol. The number of hydrogen-bond donors (Lipinski definition) is 1. The highest BCUT2D eigenvalue weighted by molar-refractivity contribution is 5.86. The van der Waals surface area contributed by atoms with E-state index >= 15 is 0 Å². The number of nitrogens with zero attached hydrogens (tertiary/aromatic N) is 3. The largest absolute Gasteiger partial charge is 0.480 e. The Morgan fingerprint density at radius 3 is 2.65 bits per heavy atom. The number of carbonyl (C=O) groups excluding carboxylic acids is 1. The van der Waals surface area contributed by atoms with Crippen LogP contribution in [0.4, 0.5) is 0 Å². The average Bonchev–Trinajstić information content (AvgIpc) is 2.68. The summed E-state index contributed by atoms with van der Waals surface area (Å²) in [6, 6.07) is 1.90. The van der Waals surface area contributed by atoms with Crippen molar-refractivity contribution in [3.63, 3.8) is 0 Å². The van der Waals surface area contributed by atoms with E-state index in [1.807, 2.05) is 19.9 Å². The van der Waals surface area contributed by atoms with Gasteiger partial charge in [-0.2, -0.15) is 5.10 Å². The summed E-state index contributed by atoms with van der Waals surface area (Å²) in [5, 5.41) is 13.7. The Morgan fingerprint density at radius 1 is 1.40 bits per heavy atom. The molecule has 2 heterocycles. The van der Waals surface area contributed by atoms with Crippen LogP contribution < -0.4 is 0 Å². The predicted molar refractivity (Wildman–Crippen MR) is 73.3 cm³/mol. The van der Waals surface area contributed by atoms with E-state index in [0.29, 0.717) is 13.0 Å². The van der Waals surface area contributed by atoms with Gasteiger partial charge in [0.2, 0.25) is 5.91 Å². The summed E-state index contributed by atoms with van der Waals surface area (Å²) >= 11 is 0. The molecular formula is C14H21N3O3. The van der Waals surface area contributed by atoms with Crippen LogP contribution >= 0.6 is 0 Å². The van der Waals surface area contributed by atoms with Gasteiger partial charge in [-0.25, -0.2) is 4.79 Å². The lowest BCUT2D eigenvalue weighted by Crippen LogP contribution is -2.58. The molecule has 1 saturated heterocycles. The number of likely N-dealkylation sites (tertiary alicyclic amines) is 1.